The summed E-state index contributed by atoms with van der Waals surface area (Å²) in [6.07, 6.45) is 3.06. The monoisotopic (exact) mass is 370 g/mol. The number of halogens is 1. The van der Waals surface area contributed by atoms with E-state index in [1.165, 1.54) is 19.4 Å². The highest BCUT2D eigenvalue weighted by molar-refractivity contribution is 5.75. The molecule has 3 aromatic heterocycles. The van der Waals surface area contributed by atoms with Crippen molar-refractivity contribution in [2.24, 2.45) is 5.73 Å². The van der Waals surface area contributed by atoms with Crippen molar-refractivity contribution < 1.29 is 9.13 Å². The summed E-state index contributed by atoms with van der Waals surface area (Å²) in [6.45, 7) is 3.55. The first-order chi connectivity index (χ1) is 12.9. The van der Waals surface area contributed by atoms with Gasteiger partial charge in [0.1, 0.15) is 11.6 Å². The summed E-state index contributed by atoms with van der Waals surface area (Å²) in [5, 5.41) is 3.02. The molecule has 1 atom stereocenters. The Kier molecular flexibility index (Phi) is 5.08. The van der Waals surface area contributed by atoms with Crippen LogP contribution in [0.2, 0.25) is 0 Å². The molecule has 27 heavy (non-hydrogen) atoms. The van der Waals surface area contributed by atoms with Crippen molar-refractivity contribution in [3.8, 4) is 17.3 Å². The maximum Gasteiger partial charge on any atom is 0.250 e. The van der Waals surface area contributed by atoms with Crippen LogP contribution < -0.4 is 21.5 Å². The molecule has 140 valence electrons. The van der Waals surface area contributed by atoms with E-state index in [9.17, 15) is 4.39 Å². The van der Waals surface area contributed by atoms with Crippen LogP contribution in [0.1, 0.15) is 24.4 Å². The van der Waals surface area contributed by atoms with E-state index in [1.54, 1.807) is 13.1 Å². The van der Waals surface area contributed by atoms with E-state index in [0.717, 1.165) is 5.56 Å². The lowest BCUT2D eigenvalue weighted by molar-refractivity contribution is 0.369. The van der Waals surface area contributed by atoms with E-state index in [1.807, 2.05) is 13.0 Å². The molecule has 0 saturated carbocycles. The molecular formula is C17H19FN8O. The molecule has 0 bridgehead atoms. The Morgan fingerprint density at radius 1 is 1.15 bits per heavy atom. The van der Waals surface area contributed by atoms with Crippen LogP contribution in [-0.4, -0.2) is 32.0 Å². The van der Waals surface area contributed by atoms with Crippen molar-refractivity contribution in [2.45, 2.75) is 19.9 Å². The van der Waals surface area contributed by atoms with E-state index in [2.05, 4.69) is 30.2 Å². The molecule has 0 radical (unpaired) electrons. The van der Waals surface area contributed by atoms with Crippen LogP contribution in [0.4, 0.5) is 21.8 Å². The number of ether oxygens (including phenoxy) is 1. The number of methoxy groups -OCH3 is 1. The number of aryl methyl sites for hydroxylation is 1. The maximum absolute atomic E-state index is 13.9. The van der Waals surface area contributed by atoms with Gasteiger partial charge in [0.25, 0.3) is 0 Å². The summed E-state index contributed by atoms with van der Waals surface area (Å²) in [6, 6.07) is 2.82. The average molecular weight is 370 g/mol. The highest BCUT2D eigenvalue weighted by Crippen LogP contribution is 2.29. The third kappa shape index (κ3) is 4.06. The molecule has 0 aliphatic heterocycles. The van der Waals surface area contributed by atoms with E-state index < -0.39 is 5.82 Å². The fraction of sp³-hybridized carbons (Fsp3) is 0.235. The number of pyridine rings is 2. The standard InChI is InChI=1S/C17H19FN8O/c1-8(19)10-4-12(15-23-9(2)24-17(20)26-15)14(21-6-10)25-11-5-13(18)16(27-3)22-7-11/h4-8H,19H2,1-3H3,(H,21,25)(H2,20,23,24,26). The predicted octanol–water partition coefficient (Wildman–Crippen LogP) is 2.13. The molecule has 3 rings (SSSR count). The molecule has 0 aromatic carbocycles. The van der Waals surface area contributed by atoms with E-state index in [-0.39, 0.29) is 17.9 Å². The number of anilines is 3. The number of nitrogens with two attached hydrogens (primary N) is 2. The molecule has 0 spiro atoms. The van der Waals surface area contributed by atoms with E-state index in [4.69, 9.17) is 16.2 Å². The second kappa shape index (κ2) is 7.46. The Morgan fingerprint density at radius 3 is 2.56 bits per heavy atom. The molecule has 10 heteroatoms. The van der Waals surface area contributed by atoms with Gasteiger partial charge < -0.3 is 21.5 Å². The van der Waals surface area contributed by atoms with Gasteiger partial charge in [0.15, 0.2) is 11.6 Å². The number of hydrogen-bond acceptors (Lipinski definition) is 9. The molecule has 0 saturated heterocycles. The zero-order valence-electron chi connectivity index (χ0n) is 15.1. The van der Waals surface area contributed by atoms with Gasteiger partial charge in [-0.2, -0.15) is 9.97 Å². The number of rotatable bonds is 5. The molecule has 9 nitrogen and oxygen atoms in total. The fourth-order valence-corrected chi connectivity index (χ4v) is 2.40. The summed E-state index contributed by atoms with van der Waals surface area (Å²) in [7, 11) is 1.35. The minimum atomic E-state index is -0.600. The molecule has 1 unspecified atom stereocenters. The molecule has 3 heterocycles. The number of nitrogen functional groups attached to an aromatic ring is 1. The smallest absolute Gasteiger partial charge is 0.250 e. The second-order valence-corrected chi connectivity index (χ2v) is 5.86. The van der Waals surface area contributed by atoms with Crippen molar-refractivity contribution in [3.63, 3.8) is 0 Å². The predicted molar refractivity (Wildman–Crippen MR) is 98.8 cm³/mol. The second-order valence-electron chi connectivity index (χ2n) is 5.86. The van der Waals surface area contributed by atoms with Gasteiger partial charge in [-0.3, -0.25) is 0 Å². The molecule has 0 aliphatic carbocycles. The molecule has 5 N–H and O–H groups in total. The minimum absolute atomic E-state index is 0.0896. The number of nitrogens with one attached hydrogen (secondary N) is 1. The Labute approximate surface area is 155 Å². The normalized spacial score (nSPS) is 11.9. The van der Waals surface area contributed by atoms with Crippen LogP contribution in [0.5, 0.6) is 5.88 Å². The van der Waals surface area contributed by atoms with Crippen molar-refractivity contribution in [2.75, 3.05) is 18.2 Å². The highest BCUT2D eigenvalue weighted by atomic mass is 19.1. The van der Waals surface area contributed by atoms with Crippen LogP contribution in [0.25, 0.3) is 11.4 Å². The number of aromatic nitrogens is 5. The Hall–Kier alpha value is -3.40. The van der Waals surface area contributed by atoms with Crippen LogP contribution in [0.3, 0.4) is 0 Å². The first-order valence-corrected chi connectivity index (χ1v) is 8.08. The molecule has 0 amide bonds. The lowest BCUT2D eigenvalue weighted by Gasteiger charge is -2.14. The lowest BCUT2D eigenvalue weighted by atomic mass is 10.1. The van der Waals surface area contributed by atoms with Crippen LogP contribution in [0.15, 0.2) is 24.5 Å². The zero-order valence-corrected chi connectivity index (χ0v) is 15.1. The highest BCUT2D eigenvalue weighted by Gasteiger charge is 2.15. The van der Waals surface area contributed by atoms with E-state index in [0.29, 0.717) is 28.7 Å². The van der Waals surface area contributed by atoms with Gasteiger partial charge in [-0.1, -0.05) is 0 Å². The summed E-state index contributed by atoms with van der Waals surface area (Å²) in [4.78, 5) is 20.8. The Bertz CT molecular complexity index is 959. The van der Waals surface area contributed by atoms with Gasteiger partial charge in [-0.05, 0) is 25.5 Å². The number of nitrogens with zero attached hydrogens (tertiary/aromatic N) is 5. The van der Waals surface area contributed by atoms with Crippen molar-refractivity contribution >= 4 is 17.5 Å². The zero-order chi connectivity index (χ0) is 19.6. The van der Waals surface area contributed by atoms with Crippen LogP contribution >= 0.6 is 0 Å². The van der Waals surface area contributed by atoms with Crippen LogP contribution in [-0.2, 0) is 0 Å². The summed E-state index contributed by atoms with van der Waals surface area (Å²) >= 11 is 0. The van der Waals surface area contributed by atoms with Gasteiger partial charge in [-0.15, -0.1) is 0 Å². The third-order valence-electron chi connectivity index (χ3n) is 3.70. The molecule has 0 aliphatic rings. The van der Waals surface area contributed by atoms with Gasteiger partial charge in [-0.25, -0.2) is 19.3 Å². The van der Waals surface area contributed by atoms with Gasteiger partial charge in [0, 0.05) is 18.3 Å². The van der Waals surface area contributed by atoms with Gasteiger partial charge in [0.2, 0.25) is 11.8 Å². The topological polar surface area (TPSA) is 138 Å². The average Bonchev–Trinajstić information content (AvgIpc) is 2.61. The van der Waals surface area contributed by atoms with Crippen molar-refractivity contribution in [3.05, 3.63) is 41.7 Å². The lowest BCUT2D eigenvalue weighted by Crippen LogP contribution is -2.09. The maximum atomic E-state index is 13.9. The molecular weight excluding hydrogens is 351 g/mol. The van der Waals surface area contributed by atoms with Crippen molar-refractivity contribution in [1.29, 1.82) is 0 Å². The summed E-state index contributed by atoms with van der Waals surface area (Å²) < 4.78 is 18.8. The van der Waals surface area contributed by atoms with E-state index >= 15 is 0 Å². The minimum Gasteiger partial charge on any atom is -0.479 e. The van der Waals surface area contributed by atoms with Crippen LogP contribution in [0, 0.1) is 12.7 Å². The van der Waals surface area contributed by atoms with Gasteiger partial charge in [0.05, 0.1) is 24.6 Å². The Morgan fingerprint density at radius 2 is 1.93 bits per heavy atom. The quantitative estimate of drug-likeness (QED) is 0.616. The molecule has 3 aromatic rings. The largest absolute Gasteiger partial charge is 0.479 e. The summed E-state index contributed by atoms with van der Waals surface area (Å²) in [5.41, 5.74) is 13.4. The number of hydrogen-bond donors (Lipinski definition) is 3. The Balaban J connectivity index is 2.08. The third-order valence-corrected chi connectivity index (χ3v) is 3.70. The first kappa shape index (κ1) is 18.4. The first-order valence-electron chi connectivity index (χ1n) is 8.08. The summed E-state index contributed by atoms with van der Waals surface area (Å²) in [5.74, 6) is 0.590. The molecule has 0 fully saturated rings. The fourth-order valence-electron chi connectivity index (χ4n) is 2.40. The van der Waals surface area contributed by atoms with Crippen molar-refractivity contribution in [1.82, 2.24) is 24.9 Å². The SMILES string of the molecule is COc1ncc(Nc2ncc(C(C)N)cc2-c2nc(C)nc(N)n2)cc1F. The van der Waals surface area contributed by atoms with Gasteiger partial charge >= 0.3 is 0 Å².